The van der Waals surface area contributed by atoms with E-state index in [1.165, 1.54) is 34.4 Å². The van der Waals surface area contributed by atoms with Gasteiger partial charge >= 0.3 is 18.2 Å². The number of halogens is 4. The molecule has 0 aliphatic heterocycles. The summed E-state index contributed by atoms with van der Waals surface area (Å²) in [7, 11) is 0. The number of aromatic nitrogens is 1. The number of nitrogens with zero attached hydrogens (tertiary/aromatic N) is 1. The lowest BCUT2D eigenvalue weighted by Gasteiger charge is -2.24. The number of benzene rings is 3. The molecule has 8 nitrogen and oxygen atoms in total. The Kier molecular flexibility index (Phi) is 8.76. The van der Waals surface area contributed by atoms with E-state index in [1.807, 2.05) is 0 Å². The highest BCUT2D eigenvalue weighted by atomic mass is 35.5. The number of alkyl halides is 3. The highest BCUT2D eigenvalue weighted by molar-refractivity contribution is 7.73. The second-order valence-electron chi connectivity index (χ2n) is 8.50. The van der Waals surface area contributed by atoms with E-state index >= 15 is 0 Å². The van der Waals surface area contributed by atoms with E-state index < -0.39 is 34.7 Å². The highest BCUT2D eigenvalue weighted by Crippen LogP contribution is 2.36. The van der Waals surface area contributed by atoms with Crippen molar-refractivity contribution >= 4 is 74.7 Å². The van der Waals surface area contributed by atoms with Gasteiger partial charge in [0.05, 0.1) is 33.8 Å². The van der Waals surface area contributed by atoms with Crippen molar-refractivity contribution in [2.24, 2.45) is 0 Å². The molecule has 0 spiro atoms. The van der Waals surface area contributed by atoms with Crippen LogP contribution in [-0.4, -0.2) is 34.5 Å². The molecule has 0 aliphatic rings. The van der Waals surface area contributed by atoms with Crippen LogP contribution in [0.5, 0.6) is 0 Å². The molecule has 3 amide bonds. The topological polar surface area (TPSA) is 115 Å². The summed E-state index contributed by atoms with van der Waals surface area (Å²) in [4.78, 5) is 40.7. The summed E-state index contributed by atoms with van der Waals surface area (Å²) in [5, 5.41) is 13.2. The minimum Gasteiger partial charge on any atom is -0.481 e. The molecule has 4 rings (SSSR count). The highest BCUT2D eigenvalue weighted by Gasteiger charge is 2.33. The number of carboxylic acids is 1. The Hall–Kier alpha value is -3.94. The van der Waals surface area contributed by atoms with E-state index in [2.05, 4.69) is 15.6 Å². The van der Waals surface area contributed by atoms with Gasteiger partial charge in [-0.05, 0) is 66.3 Å². The molecule has 0 fully saturated rings. The van der Waals surface area contributed by atoms with Crippen molar-refractivity contribution in [3.63, 3.8) is 0 Å². The smallest absolute Gasteiger partial charge is 0.417 e. The molecule has 4 aromatic rings. The van der Waals surface area contributed by atoms with Gasteiger partial charge in [0.2, 0.25) is 0 Å². The van der Waals surface area contributed by atoms with Crippen LogP contribution >= 0.6 is 35.2 Å². The Morgan fingerprint density at radius 1 is 1.05 bits per heavy atom. The van der Waals surface area contributed by atoms with Crippen LogP contribution in [0.2, 0.25) is 5.02 Å². The Labute approximate surface area is 239 Å². The van der Waals surface area contributed by atoms with Crippen LogP contribution in [0.15, 0.2) is 60.7 Å². The van der Waals surface area contributed by atoms with Crippen LogP contribution in [0.4, 0.5) is 29.3 Å². The van der Waals surface area contributed by atoms with E-state index in [0.29, 0.717) is 20.8 Å². The first-order valence-corrected chi connectivity index (χ1v) is 13.2. The number of carboxylic acid groups (broad SMARTS) is 1. The number of carbonyl (C=O) groups excluding carboxylic acids is 2. The second-order valence-corrected chi connectivity index (χ2v) is 10.6. The molecule has 1 aromatic heterocycles. The fourth-order valence-corrected chi connectivity index (χ4v) is 5.10. The van der Waals surface area contributed by atoms with Gasteiger partial charge in [-0.3, -0.25) is 14.5 Å². The number of rotatable bonds is 8. The monoisotopic (exact) mass is 608 g/mol. The van der Waals surface area contributed by atoms with Gasteiger partial charge in [0.15, 0.2) is 3.95 Å². The Bertz CT molecular complexity index is 1640. The first kappa shape index (κ1) is 29.1. The molecule has 0 bridgehead atoms. The maximum absolute atomic E-state index is 13.4. The van der Waals surface area contributed by atoms with Gasteiger partial charge in [0.1, 0.15) is 0 Å². The lowest BCUT2D eigenvalue weighted by molar-refractivity contribution is -0.138. The minimum atomic E-state index is -4.71. The quantitative estimate of drug-likeness (QED) is 0.160. The number of amides is 3. The molecule has 4 N–H and O–H groups in total. The van der Waals surface area contributed by atoms with Gasteiger partial charge in [-0.25, -0.2) is 4.79 Å². The average Bonchev–Trinajstić information content (AvgIpc) is 3.27. The number of anilines is 2. The van der Waals surface area contributed by atoms with Gasteiger partial charge in [-0.2, -0.15) is 13.2 Å². The number of urea groups is 1. The van der Waals surface area contributed by atoms with E-state index in [-0.39, 0.29) is 25.2 Å². The fourth-order valence-electron chi connectivity index (χ4n) is 3.72. The Morgan fingerprint density at radius 3 is 2.45 bits per heavy atom. The third-order valence-corrected chi connectivity index (χ3v) is 7.19. The zero-order valence-corrected chi connectivity index (χ0v) is 22.7. The average molecular weight is 609 g/mol. The number of aliphatic carboxylic acids is 1. The molecule has 14 heteroatoms. The number of thiazole rings is 1. The number of H-pyrrole nitrogens is 1. The largest absolute Gasteiger partial charge is 0.481 e. The first-order valence-electron chi connectivity index (χ1n) is 11.6. The zero-order valence-electron chi connectivity index (χ0n) is 20.3. The minimum absolute atomic E-state index is 0.00773. The zero-order chi connectivity index (χ0) is 29.0. The van der Waals surface area contributed by atoms with Crippen molar-refractivity contribution in [1.82, 2.24) is 10.3 Å². The Balaban J connectivity index is 1.60. The van der Waals surface area contributed by atoms with Gasteiger partial charge in [-0.1, -0.05) is 23.7 Å². The maximum Gasteiger partial charge on any atom is 0.417 e. The van der Waals surface area contributed by atoms with E-state index in [9.17, 15) is 27.6 Å². The SMILES string of the molecule is O=C(O)CCNC(=O)c1ccc(CN(C(=O)Nc2ccc(Cl)c(C(F)(F)F)c2)c2ccc3[nH]c(=S)sc3c2)cc1. The number of nitrogens with one attached hydrogen (secondary N) is 3. The van der Waals surface area contributed by atoms with Crippen LogP contribution in [0.1, 0.15) is 27.9 Å². The van der Waals surface area contributed by atoms with Crippen LogP contribution in [0.25, 0.3) is 10.2 Å². The maximum atomic E-state index is 13.4. The number of fused-ring (bicyclic) bond motifs is 1. The summed E-state index contributed by atoms with van der Waals surface area (Å²) in [6.45, 7) is -0.0208. The number of hydrogen-bond acceptors (Lipinski definition) is 5. The molecular formula is C26H20ClF3N4O4S2. The van der Waals surface area contributed by atoms with Crippen LogP contribution in [-0.2, 0) is 17.5 Å². The number of carbonyl (C=O) groups is 3. The molecule has 208 valence electrons. The predicted molar refractivity (Wildman–Crippen MR) is 150 cm³/mol. The third-order valence-electron chi connectivity index (χ3n) is 5.67. The lowest BCUT2D eigenvalue weighted by atomic mass is 10.1. The first-order chi connectivity index (χ1) is 18.9. The number of aromatic amines is 1. The van der Waals surface area contributed by atoms with Gasteiger partial charge in [-0.15, -0.1) is 11.3 Å². The van der Waals surface area contributed by atoms with Crippen LogP contribution in [0, 0.1) is 3.95 Å². The number of hydrogen-bond donors (Lipinski definition) is 4. The molecule has 3 aromatic carbocycles. The lowest BCUT2D eigenvalue weighted by Crippen LogP contribution is -2.34. The summed E-state index contributed by atoms with van der Waals surface area (Å²) < 4.78 is 41.4. The summed E-state index contributed by atoms with van der Waals surface area (Å²) >= 11 is 12.2. The molecule has 0 atom stereocenters. The molecular weight excluding hydrogens is 589 g/mol. The Morgan fingerprint density at radius 2 is 1.77 bits per heavy atom. The molecule has 40 heavy (non-hydrogen) atoms. The van der Waals surface area contributed by atoms with Crippen molar-refractivity contribution < 1.29 is 32.7 Å². The van der Waals surface area contributed by atoms with Gasteiger partial charge in [0, 0.05) is 23.5 Å². The van der Waals surface area contributed by atoms with Crippen molar-refractivity contribution in [3.8, 4) is 0 Å². The summed E-state index contributed by atoms with van der Waals surface area (Å²) in [5.74, 6) is -1.49. The molecule has 0 saturated carbocycles. The van der Waals surface area contributed by atoms with Crippen molar-refractivity contribution in [2.75, 3.05) is 16.8 Å². The normalized spacial score (nSPS) is 11.3. The van der Waals surface area contributed by atoms with E-state index in [0.717, 1.165) is 22.3 Å². The predicted octanol–water partition coefficient (Wildman–Crippen LogP) is 7.07. The molecule has 0 aliphatic carbocycles. The third kappa shape index (κ3) is 7.17. The summed E-state index contributed by atoms with van der Waals surface area (Å²) in [6.07, 6.45) is -4.92. The second kappa shape index (κ2) is 12.1. The van der Waals surface area contributed by atoms with Crippen LogP contribution < -0.4 is 15.5 Å². The van der Waals surface area contributed by atoms with Crippen LogP contribution in [0.3, 0.4) is 0 Å². The molecule has 1 heterocycles. The summed E-state index contributed by atoms with van der Waals surface area (Å²) in [6, 6.07) is 13.8. The summed E-state index contributed by atoms with van der Waals surface area (Å²) in [5.41, 5.74) is 0.953. The van der Waals surface area contributed by atoms with Crippen molar-refractivity contribution in [1.29, 1.82) is 0 Å². The fraction of sp³-hybridized carbons (Fsp3) is 0.154. The van der Waals surface area contributed by atoms with Crippen molar-refractivity contribution in [3.05, 3.63) is 86.3 Å². The van der Waals surface area contributed by atoms with Gasteiger partial charge in [0.25, 0.3) is 5.91 Å². The van der Waals surface area contributed by atoms with Crippen molar-refractivity contribution in [2.45, 2.75) is 19.1 Å². The molecule has 0 radical (unpaired) electrons. The van der Waals surface area contributed by atoms with E-state index in [4.69, 9.17) is 28.9 Å². The van der Waals surface area contributed by atoms with E-state index in [1.54, 1.807) is 30.3 Å². The standard InChI is InChI=1S/C26H20ClF3N4O4S2/c27-19-7-5-16(11-18(19)26(28,29)30)32-24(38)34(17-6-8-20-21(12-17)40-25(39)33-20)13-14-1-3-15(4-2-14)23(37)31-10-9-22(35)36/h1-8,11-12H,9-10,13H2,(H,31,37)(H,32,38)(H,33,39)(H,35,36). The molecule has 0 unspecified atom stereocenters. The van der Waals surface area contributed by atoms with Gasteiger partial charge < -0.3 is 20.7 Å². The molecule has 0 saturated heterocycles.